The first-order chi connectivity index (χ1) is 10.9. The predicted octanol–water partition coefficient (Wildman–Crippen LogP) is 1.68. The number of benzene rings is 1. The largest absolute Gasteiger partial charge is 0.480 e. The number of nitrogens with one attached hydrogen (secondary N) is 1. The van der Waals surface area contributed by atoms with E-state index in [2.05, 4.69) is 5.32 Å². The lowest BCUT2D eigenvalue weighted by Crippen LogP contribution is -2.37. The van der Waals surface area contributed by atoms with Crippen LogP contribution in [0.4, 0.5) is 0 Å². The molecule has 0 spiro atoms. The van der Waals surface area contributed by atoms with E-state index in [-0.39, 0.29) is 12.5 Å². The van der Waals surface area contributed by atoms with Gasteiger partial charge in [0.15, 0.2) is 6.10 Å². The first-order valence-corrected chi connectivity index (χ1v) is 7.53. The van der Waals surface area contributed by atoms with Crippen LogP contribution in [-0.4, -0.2) is 30.3 Å². The zero-order chi connectivity index (χ0) is 17.0. The number of hydrogen-bond acceptors (Lipinski definition) is 5. The summed E-state index contributed by atoms with van der Waals surface area (Å²) in [6, 6.07) is 5.02. The van der Waals surface area contributed by atoms with Crippen LogP contribution in [0.15, 0.2) is 27.4 Å². The predicted molar refractivity (Wildman–Crippen MR) is 86.8 cm³/mol. The molecule has 0 aliphatic heterocycles. The number of ether oxygens (including phenoxy) is 1. The molecule has 2 rings (SSSR count). The maximum atomic E-state index is 11.9. The highest BCUT2D eigenvalue weighted by molar-refractivity contribution is 5.85. The second-order valence-electron chi connectivity index (χ2n) is 5.44. The second kappa shape index (κ2) is 7.28. The molecule has 0 saturated carbocycles. The second-order valence-corrected chi connectivity index (χ2v) is 5.44. The molecule has 6 heteroatoms. The fourth-order valence-electron chi connectivity index (χ4n) is 2.31. The van der Waals surface area contributed by atoms with Crippen LogP contribution in [0.25, 0.3) is 11.0 Å². The minimum Gasteiger partial charge on any atom is -0.480 e. The molecule has 1 aromatic carbocycles. The Hall–Kier alpha value is -2.34. The van der Waals surface area contributed by atoms with Crippen LogP contribution in [0.2, 0.25) is 0 Å². The summed E-state index contributed by atoms with van der Waals surface area (Å²) in [5, 5.41) is 12.2. The van der Waals surface area contributed by atoms with Crippen molar-refractivity contribution in [3.8, 4) is 5.75 Å². The smallest absolute Gasteiger partial charge is 0.336 e. The Morgan fingerprint density at radius 3 is 2.83 bits per heavy atom. The molecule has 0 saturated heterocycles. The molecule has 0 bridgehead atoms. The quantitative estimate of drug-likeness (QED) is 0.624. The van der Waals surface area contributed by atoms with E-state index < -0.39 is 11.7 Å². The number of carbonyl (C=O) groups excluding carboxylic acids is 1. The molecule has 6 nitrogen and oxygen atoms in total. The van der Waals surface area contributed by atoms with Crippen LogP contribution in [0, 0.1) is 13.8 Å². The van der Waals surface area contributed by atoms with Gasteiger partial charge in [-0.3, -0.25) is 4.79 Å². The van der Waals surface area contributed by atoms with Crippen molar-refractivity contribution in [3.05, 3.63) is 39.7 Å². The van der Waals surface area contributed by atoms with Gasteiger partial charge in [-0.05, 0) is 44.9 Å². The Kier molecular flexibility index (Phi) is 5.39. The summed E-state index contributed by atoms with van der Waals surface area (Å²) in [5.41, 5.74) is 1.57. The van der Waals surface area contributed by atoms with Crippen molar-refractivity contribution in [2.24, 2.45) is 0 Å². The molecule has 0 fully saturated rings. The van der Waals surface area contributed by atoms with Gasteiger partial charge in [0, 0.05) is 30.2 Å². The highest BCUT2D eigenvalue weighted by Gasteiger charge is 2.17. The number of rotatable bonds is 6. The third kappa shape index (κ3) is 3.90. The van der Waals surface area contributed by atoms with E-state index in [1.54, 1.807) is 19.9 Å². The van der Waals surface area contributed by atoms with E-state index in [1.807, 2.05) is 13.0 Å². The van der Waals surface area contributed by atoms with Crippen molar-refractivity contribution in [1.29, 1.82) is 0 Å². The van der Waals surface area contributed by atoms with Crippen molar-refractivity contribution in [1.82, 2.24) is 5.32 Å². The molecule has 1 heterocycles. The normalized spacial score (nSPS) is 12.2. The van der Waals surface area contributed by atoms with Crippen molar-refractivity contribution < 1.29 is 19.1 Å². The first-order valence-electron chi connectivity index (χ1n) is 7.53. The number of fused-ring (bicyclic) bond motifs is 1. The lowest BCUT2D eigenvalue weighted by molar-refractivity contribution is -0.127. The van der Waals surface area contributed by atoms with E-state index in [0.717, 1.165) is 10.9 Å². The molecule has 2 N–H and O–H groups in total. The monoisotopic (exact) mass is 319 g/mol. The summed E-state index contributed by atoms with van der Waals surface area (Å²) in [6.07, 6.45) is -0.195. The van der Waals surface area contributed by atoms with E-state index in [4.69, 9.17) is 14.3 Å². The van der Waals surface area contributed by atoms with Gasteiger partial charge in [0.25, 0.3) is 5.91 Å². The van der Waals surface area contributed by atoms with Crippen LogP contribution < -0.4 is 15.7 Å². The minimum absolute atomic E-state index is 0.0255. The summed E-state index contributed by atoms with van der Waals surface area (Å²) in [5.74, 6) is 0.236. The Morgan fingerprint density at radius 2 is 2.13 bits per heavy atom. The Balaban J connectivity index is 2.22. The Morgan fingerprint density at radius 1 is 1.39 bits per heavy atom. The zero-order valence-electron chi connectivity index (χ0n) is 13.5. The van der Waals surface area contributed by atoms with E-state index >= 15 is 0 Å². The highest BCUT2D eigenvalue weighted by Crippen LogP contribution is 2.28. The van der Waals surface area contributed by atoms with Gasteiger partial charge in [-0.25, -0.2) is 4.79 Å². The van der Waals surface area contributed by atoms with Gasteiger partial charge in [-0.15, -0.1) is 0 Å². The molecule has 1 aromatic heterocycles. The summed E-state index contributed by atoms with van der Waals surface area (Å²) >= 11 is 0. The molecule has 1 unspecified atom stereocenters. The topological polar surface area (TPSA) is 88.8 Å². The zero-order valence-corrected chi connectivity index (χ0v) is 13.5. The van der Waals surface area contributed by atoms with Gasteiger partial charge in [0.05, 0.1) is 0 Å². The molecule has 0 aliphatic rings. The van der Waals surface area contributed by atoms with Gasteiger partial charge >= 0.3 is 5.63 Å². The summed E-state index contributed by atoms with van der Waals surface area (Å²) in [7, 11) is 0. The van der Waals surface area contributed by atoms with Crippen LogP contribution in [0.1, 0.15) is 24.5 Å². The number of hydrogen-bond donors (Lipinski definition) is 2. The summed E-state index contributed by atoms with van der Waals surface area (Å²) in [4.78, 5) is 23.5. The number of amides is 1. The van der Waals surface area contributed by atoms with E-state index in [0.29, 0.717) is 29.9 Å². The minimum atomic E-state index is -0.693. The van der Waals surface area contributed by atoms with E-state index in [9.17, 15) is 9.59 Å². The van der Waals surface area contributed by atoms with Crippen molar-refractivity contribution in [2.75, 3.05) is 13.2 Å². The highest BCUT2D eigenvalue weighted by atomic mass is 16.5. The van der Waals surface area contributed by atoms with Crippen LogP contribution in [0.5, 0.6) is 5.75 Å². The number of carbonyl (C=O) groups is 1. The van der Waals surface area contributed by atoms with Crippen LogP contribution >= 0.6 is 0 Å². The Labute approximate surface area is 134 Å². The molecule has 124 valence electrons. The fraction of sp³-hybridized carbons (Fsp3) is 0.412. The molecular formula is C17H21NO5. The average molecular weight is 319 g/mol. The maximum Gasteiger partial charge on any atom is 0.336 e. The van der Waals surface area contributed by atoms with Crippen molar-refractivity contribution in [2.45, 2.75) is 33.3 Å². The number of aliphatic hydroxyl groups excluding tert-OH is 1. The van der Waals surface area contributed by atoms with E-state index in [1.165, 1.54) is 6.07 Å². The number of aryl methyl sites for hydroxylation is 2. The van der Waals surface area contributed by atoms with Gasteiger partial charge in [-0.1, -0.05) is 0 Å². The average Bonchev–Trinajstić information content (AvgIpc) is 2.50. The first kappa shape index (κ1) is 17.0. The molecule has 1 atom stereocenters. The third-order valence-electron chi connectivity index (χ3n) is 3.63. The van der Waals surface area contributed by atoms with Gasteiger partial charge in [-0.2, -0.15) is 0 Å². The molecule has 2 aromatic rings. The molecule has 0 aliphatic carbocycles. The molecule has 1 amide bonds. The van der Waals surface area contributed by atoms with Gasteiger partial charge < -0.3 is 19.6 Å². The third-order valence-corrected chi connectivity index (χ3v) is 3.63. The number of aliphatic hydroxyl groups is 1. The molecule has 0 radical (unpaired) electrons. The fourth-order valence-corrected chi connectivity index (χ4v) is 2.31. The SMILES string of the molecule is Cc1cc(=O)oc2c(C)c(OC(C)C(=O)NCCCO)ccc12. The van der Waals surface area contributed by atoms with Gasteiger partial charge in [0.1, 0.15) is 11.3 Å². The molecule has 23 heavy (non-hydrogen) atoms. The van der Waals surface area contributed by atoms with Crippen LogP contribution in [0.3, 0.4) is 0 Å². The van der Waals surface area contributed by atoms with Crippen LogP contribution in [-0.2, 0) is 4.79 Å². The lowest BCUT2D eigenvalue weighted by Gasteiger charge is -2.17. The van der Waals surface area contributed by atoms with Crippen molar-refractivity contribution >= 4 is 16.9 Å². The summed E-state index contributed by atoms with van der Waals surface area (Å²) < 4.78 is 11.0. The standard InChI is InChI=1S/C17H21NO5/c1-10-9-15(20)23-16-11(2)14(6-5-13(10)16)22-12(3)17(21)18-7-4-8-19/h5-6,9,12,19H,4,7-8H2,1-3H3,(H,18,21). The molecular weight excluding hydrogens is 298 g/mol. The van der Waals surface area contributed by atoms with Crippen molar-refractivity contribution in [3.63, 3.8) is 0 Å². The lowest BCUT2D eigenvalue weighted by atomic mass is 10.1. The Bertz CT molecular complexity index is 765. The van der Waals surface area contributed by atoms with Gasteiger partial charge in [0.2, 0.25) is 0 Å². The summed E-state index contributed by atoms with van der Waals surface area (Å²) in [6.45, 7) is 5.70. The maximum absolute atomic E-state index is 11.9.